The third kappa shape index (κ3) is 4.00. The molecule has 0 heterocycles. The number of carbonyl (C=O) groups excluding carboxylic acids is 1. The van der Waals surface area contributed by atoms with Crippen molar-refractivity contribution in [1.82, 2.24) is 0 Å². The van der Waals surface area contributed by atoms with Crippen molar-refractivity contribution in [3.63, 3.8) is 0 Å². The standard InChI is InChI=1S/C15H16N2O3/c16-13-5-1-12(2-6-13)10-20-15(19)17-14-7-3-11(9-18)4-8-14/h1-8,18H,9-10,16H2,(H,17,19). The van der Waals surface area contributed by atoms with Gasteiger partial charge in [0.2, 0.25) is 0 Å². The molecule has 0 unspecified atom stereocenters. The third-order valence-electron chi connectivity index (χ3n) is 2.73. The lowest BCUT2D eigenvalue weighted by molar-refractivity contribution is 0.155. The van der Waals surface area contributed by atoms with Gasteiger partial charge in [0.05, 0.1) is 6.61 Å². The van der Waals surface area contributed by atoms with Crippen LogP contribution in [-0.4, -0.2) is 11.2 Å². The van der Waals surface area contributed by atoms with Gasteiger partial charge in [-0.05, 0) is 35.4 Å². The lowest BCUT2D eigenvalue weighted by Crippen LogP contribution is -2.13. The van der Waals surface area contributed by atoms with Crippen molar-refractivity contribution in [3.05, 3.63) is 59.7 Å². The van der Waals surface area contributed by atoms with Crippen LogP contribution >= 0.6 is 0 Å². The summed E-state index contributed by atoms with van der Waals surface area (Å²) in [4.78, 5) is 11.6. The van der Waals surface area contributed by atoms with Gasteiger partial charge in [-0.25, -0.2) is 4.79 Å². The lowest BCUT2D eigenvalue weighted by Gasteiger charge is -2.07. The average Bonchev–Trinajstić information content (AvgIpc) is 2.47. The van der Waals surface area contributed by atoms with Crippen LogP contribution in [-0.2, 0) is 18.0 Å². The van der Waals surface area contributed by atoms with E-state index < -0.39 is 6.09 Å². The van der Waals surface area contributed by atoms with Crippen molar-refractivity contribution < 1.29 is 14.6 Å². The zero-order valence-electron chi connectivity index (χ0n) is 10.9. The predicted octanol–water partition coefficient (Wildman–Crippen LogP) is 2.51. The van der Waals surface area contributed by atoms with Crippen LogP contribution in [0.2, 0.25) is 0 Å². The molecule has 2 aromatic rings. The van der Waals surface area contributed by atoms with Gasteiger partial charge in [-0.15, -0.1) is 0 Å². The zero-order chi connectivity index (χ0) is 14.4. The van der Waals surface area contributed by atoms with E-state index >= 15 is 0 Å². The van der Waals surface area contributed by atoms with Crippen molar-refractivity contribution >= 4 is 17.5 Å². The molecule has 0 saturated heterocycles. The maximum atomic E-state index is 11.6. The number of ether oxygens (including phenoxy) is 1. The second-order valence-corrected chi connectivity index (χ2v) is 4.30. The molecule has 0 saturated carbocycles. The largest absolute Gasteiger partial charge is 0.444 e. The molecule has 2 aromatic carbocycles. The van der Waals surface area contributed by atoms with Crippen molar-refractivity contribution in [3.8, 4) is 0 Å². The highest BCUT2D eigenvalue weighted by Gasteiger charge is 2.03. The number of anilines is 2. The van der Waals surface area contributed by atoms with E-state index in [9.17, 15) is 4.79 Å². The molecule has 0 aliphatic carbocycles. The first-order chi connectivity index (χ1) is 9.67. The minimum Gasteiger partial charge on any atom is -0.444 e. The number of rotatable bonds is 4. The number of nitrogens with two attached hydrogens (primary N) is 1. The van der Waals surface area contributed by atoms with Crippen LogP contribution in [0.5, 0.6) is 0 Å². The smallest absolute Gasteiger partial charge is 0.411 e. The van der Waals surface area contributed by atoms with Crippen LogP contribution in [0.4, 0.5) is 16.2 Å². The van der Waals surface area contributed by atoms with Crippen LogP contribution in [0.25, 0.3) is 0 Å². The van der Waals surface area contributed by atoms with Crippen molar-refractivity contribution in [2.45, 2.75) is 13.2 Å². The van der Waals surface area contributed by atoms with E-state index in [0.29, 0.717) is 11.4 Å². The first-order valence-electron chi connectivity index (χ1n) is 6.15. The van der Waals surface area contributed by atoms with E-state index in [1.165, 1.54) is 0 Å². The molecule has 0 bridgehead atoms. The van der Waals surface area contributed by atoms with Crippen molar-refractivity contribution in [1.29, 1.82) is 0 Å². The van der Waals surface area contributed by atoms with Gasteiger partial charge in [0.1, 0.15) is 6.61 Å². The number of hydrogen-bond donors (Lipinski definition) is 3. The average molecular weight is 272 g/mol. The van der Waals surface area contributed by atoms with Gasteiger partial charge in [-0.2, -0.15) is 0 Å². The highest BCUT2D eigenvalue weighted by molar-refractivity contribution is 5.84. The molecule has 5 nitrogen and oxygen atoms in total. The number of nitrogen functional groups attached to an aromatic ring is 1. The Kier molecular flexibility index (Phi) is 4.57. The summed E-state index contributed by atoms with van der Waals surface area (Å²) in [5.41, 5.74) is 8.50. The molecule has 0 radical (unpaired) electrons. The topological polar surface area (TPSA) is 84.6 Å². The van der Waals surface area contributed by atoms with Gasteiger partial charge in [-0.3, -0.25) is 5.32 Å². The highest BCUT2D eigenvalue weighted by atomic mass is 16.5. The molecule has 1 amide bonds. The molecular formula is C15H16N2O3. The Balaban J connectivity index is 1.84. The Morgan fingerprint density at radius 1 is 1.05 bits per heavy atom. The van der Waals surface area contributed by atoms with Gasteiger partial charge in [0.15, 0.2) is 0 Å². The molecule has 0 aromatic heterocycles. The molecule has 5 heteroatoms. The first-order valence-corrected chi connectivity index (χ1v) is 6.15. The van der Waals surface area contributed by atoms with Gasteiger partial charge in [-0.1, -0.05) is 24.3 Å². The van der Waals surface area contributed by atoms with Gasteiger partial charge in [0.25, 0.3) is 0 Å². The van der Waals surface area contributed by atoms with Crippen molar-refractivity contribution in [2.75, 3.05) is 11.1 Å². The molecule has 0 fully saturated rings. The van der Waals surface area contributed by atoms with Gasteiger partial charge >= 0.3 is 6.09 Å². The number of hydrogen-bond acceptors (Lipinski definition) is 4. The van der Waals surface area contributed by atoms with E-state index in [-0.39, 0.29) is 13.2 Å². The summed E-state index contributed by atoms with van der Waals surface area (Å²) in [6.07, 6.45) is -0.529. The molecule has 0 atom stereocenters. The number of carbonyl (C=O) groups is 1. The molecule has 0 aliphatic rings. The summed E-state index contributed by atoms with van der Waals surface area (Å²) < 4.78 is 5.09. The Hall–Kier alpha value is -2.53. The number of aliphatic hydroxyl groups excluding tert-OH is 1. The molecule has 4 N–H and O–H groups in total. The maximum Gasteiger partial charge on any atom is 0.411 e. The molecule has 20 heavy (non-hydrogen) atoms. The summed E-state index contributed by atoms with van der Waals surface area (Å²) in [5.74, 6) is 0. The normalized spacial score (nSPS) is 10.1. The van der Waals surface area contributed by atoms with Crippen LogP contribution in [0.3, 0.4) is 0 Å². The SMILES string of the molecule is Nc1ccc(COC(=O)Nc2ccc(CO)cc2)cc1. The summed E-state index contributed by atoms with van der Waals surface area (Å²) in [6, 6.07) is 14.0. The monoisotopic (exact) mass is 272 g/mol. The molecule has 2 rings (SSSR count). The Morgan fingerprint density at radius 3 is 2.25 bits per heavy atom. The Bertz CT molecular complexity index is 565. The number of amides is 1. The van der Waals surface area contributed by atoms with Crippen LogP contribution in [0, 0.1) is 0 Å². The Labute approximate surface area is 117 Å². The highest BCUT2D eigenvalue weighted by Crippen LogP contribution is 2.11. The fourth-order valence-corrected chi connectivity index (χ4v) is 1.61. The van der Waals surface area contributed by atoms with Crippen molar-refractivity contribution in [2.24, 2.45) is 0 Å². The second-order valence-electron chi connectivity index (χ2n) is 4.30. The number of aliphatic hydroxyl groups is 1. The lowest BCUT2D eigenvalue weighted by atomic mass is 10.2. The van der Waals surface area contributed by atoms with E-state index in [1.807, 2.05) is 0 Å². The maximum absolute atomic E-state index is 11.6. The van der Waals surface area contributed by atoms with Crippen LogP contribution < -0.4 is 11.1 Å². The van der Waals surface area contributed by atoms with Gasteiger partial charge < -0.3 is 15.6 Å². The van der Waals surface area contributed by atoms with E-state index in [0.717, 1.165) is 11.1 Å². The molecule has 104 valence electrons. The molecule has 0 aliphatic heterocycles. The summed E-state index contributed by atoms with van der Waals surface area (Å²) in [5, 5.41) is 11.5. The van der Waals surface area contributed by atoms with E-state index in [4.69, 9.17) is 15.6 Å². The fraction of sp³-hybridized carbons (Fsp3) is 0.133. The van der Waals surface area contributed by atoms with Crippen LogP contribution in [0.1, 0.15) is 11.1 Å². The second kappa shape index (κ2) is 6.58. The Morgan fingerprint density at radius 2 is 1.65 bits per heavy atom. The quantitative estimate of drug-likeness (QED) is 0.747. The number of benzene rings is 2. The summed E-state index contributed by atoms with van der Waals surface area (Å²) in [7, 11) is 0. The fourth-order valence-electron chi connectivity index (χ4n) is 1.61. The van der Waals surface area contributed by atoms with E-state index in [2.05, 4.69) is 5.32 Å². The summed E-state index contributed by atoms with van der Waals surface area (Å²) in [6.45, 7) is 0.155. The minimum atomic E-state index is -0.529. The van der Waals surface area contributed by atoms with Gasteiger partial charge in [0, 0.05) is 11.4 Å². The minimum absolute atomic E-state index is 0.0259. The predicted molar refractivity (Wildman–Crippen MR) is 77.0 cm³/mol. The van der Waals surface area contributed by atoms with E-state index in [1.54, 1.807) is 48.5 Å². The molecular weight excluding hydrogens is 256 g/mol. The van der Waals surface area contributed by atoms with Crippen LogP contribution in [0.15, 0.2) is 48.5 Å². The molecule has 0 spiro atoms. The third-order valence-corrected chi connectivity index (χ3v) is 2.73. The first kappa shape index (κ1) is 13.9. The summed E-state index contributed by atoms with van der Waals surface area (Å²) >= 11 is 0. The zero-order valence-corrected chi connectivity index (χ0v) is 10.9. The number of nitrogens with one attached hydrogen (secondary N) is 1.